The maximum atomic E-state index is 14.1. The fraction of sp³-hybridized carbons (Fsp3) is 0.658. The molecular formula is C38H55N5O8. The lowest BCUT2D eigenvalue weighted by atomic mass is 9.83. The largest absolute Gasteiger partial charge is 0.449 e. The molecule has 0 aliphatic heterocycles. The number of hydrogen-bond donors (Lipinski definition) is 4. The van der Waals surface area contributed by atoms with Crippen LogP contribution in [0.1, 0.15) is 103 Å². The van der Waals surface area contributed by atoms with Gasteiger partial charge in [-0.25, -0.2) is 4.79 Å². The number of alkyl carbamates (subject to hydrolysis) is 1. The molecule has 1 unspecified atom stereocenters. The number of nitrogens with zero attached hydrogens (tertiary/aromatic N) is 1. The number of benzene rings is 1. The summed E-state index contributed by atoms with van der Waals surface area (Å²) < 4.78 is 5.35. The van der Waals surface area contributed by atoms with Gasteiger partial charge in [0.25, 0.3) is 5.91 Å². The number of carbonyl (C=O) groups excluding carboxylic acids is 7. The Morgan fingerprint density at radius 2 is 1.45 bits per heavy atom. The molecule has 0 bridgehead atoms. The predicted molar refractivity (Wildman–Crippen MR) is 189 cm³/mol. The van der Waals surface area contributed by atoms with Crippen molar-refractivity contribution in [3.63, 3.8) is 0 Å². The van der Waals surface area contributed by atoms with Crippen molar-refractivity contribution in [3.05, 3.63) is 35.9 Å². The molecule has 3 fully saturated rings. The van der Waals surface area contributed by atoms with E-state index in [-0.39, 0.29) is 42.5 Å². The second-order valence-electron chi connectivity index (χ2n) is 15.0. The normalized spacial score (nSPS) is 18.4. The van der Waals surface area contributed by atoms with E-state index in [9.17, 15) is 33.6 Å². The third-order valence-corrected chi connectivity index (χ3v) is 9.96. The number of ether oxygens (including phenoxy) is 1. The summed E-state index contributed by atoms with van der Waals surface area (Å²) in [7, 11) is 1.55. The van der Waals surface area contributed by atoms with Crippen LogP contribution in [0.4, 0.5) is 4.79 Å². The number of amides is 5. The highest BCUT2D eigenvalue weighted by Gasteiger charge is 2.41. The van der Waals surface area contributed by atoms with Crippen LogP contribution in [0.25, 0.3) is 0 Å². The molecule has 0 radical (unpaired) electrons. The monoisotopic (exact) mass is 709 g/mol. The summed E-state index contributed by atoms with van der Waals surface area (Å²) in [6.07, 6.45) is 7.99. The Bertz CT molecular complexity index is 1400. The summed E-state index contributed by atoms with van der Waals surface area (Å²) in [4.78, 5) is 93.7. The molecule has 3 aliphatic carbocycles. The number of Topliss-reactive ketones (excluding diaryl/α,β-unsaturated/α-hetero) is 2. The quantitative estimate of drug-likeness (QED) is 0.158. The summed E-state index contributed by atoms with van der Waals surface area (Å²) >= 11 is 0. The zero-order chi connectivity index (χ0) is 37.1. The second-order valence-corrected chi connectivity index (χ2v) is 15.0. The standard InChI is InChI=1S/C38H55N5O8/c1-23(2)22-51-38(50)42-33(28-13-9-6-10-14-28)37(49)43(4)30(20-26-17-18-26)35(47)40-29(19-25-15-16-25)34(46)36(48)39-21-31(45)41-32(24(3)44)27-11-7-5-8-12-27/h5,7-8,11-12,23,25-26,28-30,32-33H,6,9-10,13-22H2,1-4H3,(H,39,48)(H,40,47)(H,41,45)(H,42,50)/t29?,30-,32+,33-/m0/s1. The van der Waals surface area contributed by atoms with Crippen LogP contribution in [-0.2, 0) is 33.5 Å². The molecule has 4 atom stereocenters. The van der Waals surface area contributed by atoms with E-state index in [4.69, 9.17) is 4.74 Å². The van der Waals surface area contributed by atoms with Gasteiger partial charge in [0.05, 0.1) is 19.2 Å². The lowest BCUT2D eigenvalue weighted by Crippen LogP contribution is -2.59. The molecule has 1 aromatic rings. The van der Waals surface area contributed by atoms with Crippen molar-refractivity contribution in [2.45, 2.75) is 116 Å². The van der Waals surface area contributed by atoms with E-state index >= 15 is 0 Å². The first-order valence-electron chi connectivity index (χ1n) is 18.5. The molecule has 3 saturated carbocycles. The molecule has 0 heterocycles. The summed E-state index contributed by atoms with van der Waals surface area (Å²) in [5, 5.41) is 10.5. The third kappa shape index (κ3) is 12.5. The lowest BCUT2D eigenvalue weighted by Gasteiger charge is -2.36. The Morgan fingerprint density at radius 3 is 2.04 bits per heavy atom. The van der Waals surface area contributed by atoms with Crippen molar-refractivity contribution in [1.82, 2.24) is 26.2 Å². The topological polar surface area (TPSA) is 180 Å². The van der Waals surface area contributed by atoms with Gasteiger partial charge in [-0.1, -0.05) is 89.1 Å². The molecule has 0 aromatic heterocycles. The molecule has 1 aromatic carbocycles. The van der Waals surface area contributed by atoms with E-state index in [2.05, 4.69) is 21.3 Å². The molecule has 280 valence electrons. The van der Waals surface area contributed by atoms with E-state index in [1.807, 2.05) is 13.8 Å². The Hall–Kier alpha value is -4.29. The average molecular weight is 710 g/mol. The van der Waals surface area contributed by atoms with Crippen LogP contribution < -0.4 is 21.3 Å². The number of carbonyl (C=O) groups is 7. The first kappa shape index (κ1) is 39.5. The van der Waals surface area contributed by atoms with Crippen molar-refractivity contribution in [2.24, 2.45) is 23.7 Å². The van der Waals surface area contributed by atoms with Crippen LogP contribution in [0, 0.1) is 23.7 Å². The minimum absolute atomic E-state index is 0.103. The molecule has 51 heavy (non-hydrogen) atoms. The number of ketones is 2. The van der Waals surface area contributed by atoms with Gasteiger partial charge in [-0.15, -0.1) is 0 Å². The molecule has 0 saturated heterocycles. The number of nitrogens with one attached hydrogen (secondary N) is 4. The first-order chi connectivity index (χ1) is 24.3. The van der Waals surface area contributed by atoms with E-state index in [0.29, 0.717) is 12.0 Å². The van der Waals surface area contributed by atoms with Crippen LogP contribution in [0.5, 0.6) is 0 Å². The maximum absolute atomic E-state index is 14.1. The minimum atomic E-state index is -1.15. The zero-order valence-electron chi connectivity index (χ0n) is 30.4. The van der Waals surface area contributed by atoms with Gasteiger partial charge in [0, 0.05) is 7.05 Å². The Labute approximate surface area is 300 Å². The van der Waals surface area contributed by atoms with Crippen LogP contribution in [-0.4, -0.2) is 84.5 Å². The van der Waals surface area contributed by atoms with E-state index in [1.165, 1.54) is 11.8 Å². The molecule has 13 heteroatoms. The van der Waals surface area contributed by atoms with E-state index < -0.39 is 66.2 Å². The summed E-state index contributed by atoms with van der Waals surface area (Å²) in [5.41, 5.74) is 0.587. The van der Waals surface area contributed by atoms with Gasteiger partial charge in [-0.2, -0.15) is 0 Å². The molecule has 5 amide bonds. The van der Waals surface area contributed by atoms with Crippen LogP contribution >= 0.6 is 0 Å². The first-order valence-corrected chi connectivity index (χ1v) is 18.5. The Morgan fingerprint density at radius 1 is 0.824 bits per heavy atom. The van der Waals surface area contributed by atoms with Gasteiger partial charge in [0.15, 0.2) is 5.78 Å². The predicted octanol–water partition coefficient (Wildman–Crippen LogP) is 3.36. The lowest BCUT2D eigenvalue weighted by molar-refractivity contribution is -0.144. The molecule has 4 rings (SSSR count). The SMILES string of the molecule is CC(=O)[C@@H](NC(=O)CNC(=O)C(=O)C(CC1CC1)NC(=O)[C@H](CC1CC1)N(C)C(=O)[C@@H](NC(=O)OCC(C)C)C1CCCCC1)c1ccccc1. The van der Waals surface area contributed by atoms with Crippen molar-refractivity contribution < 1.29 is 38.3 Å². The highest BCUT2D eigenvalue weighted by Crippen LogP contribution is 2.36. The van der Waals surface area contributed by atoms with E-state index in [1.54, 1.807) is 37.4 Å². The Balaban J connectivity index is 1.42. The molecule has 13 nitrogen and oxygen atoms in total. The Kier molecular flexibility index (Phi) is 14.6. The molecule has 0 spiro atoms. The van der Waals surface area contributed by atoms with Crippen molar-refractivity contribution in [1.29, 1.82) is 0 Å². The summed E-state index contributed by atoms with van der Waals surface area (Å²) in [6.45, 7) is 4.86. The van der Waals surface area contributed by atoms with Gasteiger partial charge in [-0.3, -0.25) is 28.8 Å². The summed E-state index contributed by atoms with van der Waals surface area (Å²) in [6, 6.07) is 4.84. The smallest absolute Gasteiger partial charge is 0.407 e. The van der Waals surface area contributed by atoms with Gasteiger partial charge in [0.2, 0.25) is 23.5 Å². The van der Waals surface area contributed by atoms with Gasteiger partial charge in [-0.05, 0) is 61.8 Å². The van der Waals surface area contributed by atoms with Crippen molar-refractivity contribution in [2.75, 3.05) is 20.2 Å². The highest BCUT2D eigenvalue weighted by molar-refractivity contribution is 6.38. The minimum Gasteiger partial charge on any atom is -0.449 e. The maximum Gasteiger partial charge on any atom is 0.407 e. The van der Waals surface area contributed by atoms with Crippen molar-refractivity contribution in [3.8, 4) is 0 Å². The van der Waals surface area contributed by atoms with Crippen molar-refractivity contribution >= 4 is 41.3 Å². The molecule has 3 aliphatic rings. The number of hydrogen-bond acceptors (Lipinski definition) is 8. The van der Waals surface area contributed by atoms with Crippen LogP contribution in [0.2, 0.25) is 0 Å². The van der Waals surface area contributed by atoms with Gasteiger partial charge < -0.3 is 30.9 Å². The highest BCUT2D eigenvalue weighted by atomic mass is 16.5. The number of likely N-dealkylation sites (N-methyl/N-ethyl adjacent to an activating group) is 1. The zero-order valence-corrected chi connectivity index (χ0v) is 30.4. The fourth-order valence-electron chi connectivity index (χ4n) is 6.61. The van der Waals surface area contributed by atoms with Gasteiger partial charge in [0.1, 0.15) is 18.1 Å². The average Bonchev–Trinajstić information content (AvgIpc) is 4.06. The summed E-state index contributed by atoms with van der Waals surface area (Å²) in [5.74, 6) is -3.37. The van der Waals surface area contributed by atoms with Gasteiger partial charge >= 0.3 is 6.09 Å². The van der Waals surface area contributed by atoms with E-state index in [0.717, 1.165) is 57.8 Å². The number of rotatable bonds is 19. The van der Waals surface area contributed by atoms with Crippen LogP contribution in [0.15, 0.2) is 30.3 Å². The molecular weight excluding hydrogens is 654 g/mol. The second kappa shape index (κ2) is 18.8. The third-order valence-electron chi connectivity index (χ3n) is 9.96. The molecule has 4 N–H and O–H groups in total. The fourth-order valence-corrected chi connectivity index (χ4v) is 6.61. The van der Waals surface area contributed by atoms with Crippen LogP contribution in [0.3, 0.4) is 0 Å².